The molecule has 2 N–H and O–H groups in total. The van der Waals surface area contributed by atoms with Crippen molar-refractivity contribution in [2.24, 2.45) is 5.73 Å². The van der Waals surface area contributed by atoms with E-state index in [9.17, 15) is 18.0 Å². The van der Waals surface area contributed by atoms with Crippen molar-refractivity contribution >= 4 is 6.09 Å². The lowest BCUT2D eigenvalue weighted by Crippen LogP contribution is -2.16. The zero-order valence-electron chi connectivity index (χ0n) is 12.5. The van der Waals surface area contributed by atoms with Crippen molar-refractivity contribution in [1.29, 1.82) is 0 Å². The topological polar surface area (TPSA) is 61.6 Å². The molecule has 0 bridgehead atoms. The number of carbonyl (C=O) groups excluding carboxylic acids is 1. The number of nitrogens with two attached hydrogens (primary N) is 1. The van der Waals surface area contributed by atoms with Gasteiger partial charge in [-0.3, -0.25) is 0 Å². The number of hydrogen-bond donors (Lipinski definition) is 1. The van der Waals surface area contributed by atoms with Crippen LogP contribution in [0.2, 0.25) is 0 Å². The predicted octanol–water partition coefficient (Wildman–Crippen LogP) is 4.33. The molecule has 1 aliphatic carbocycles. The van der Waals surface area contributed by atoms with Crippen molar-refractivity contribution in [1.82, 2.24) is 0 Å². The average Bonchev–Trinajstić information content (AvgIpc) is 2.88. The number of halogens is 3. The van der Waals surface area contributed by atoms with Crippen LogP contribution in [0.3, 0.4) is 0 Å². The van der Waals surface area contributed by atoms with E-state index in [0.717, 1.165) is 28.7 Å². The molecule has 1 atom stereocenters. The number of carbonyl (C=O) groups is 1. The summed E-state index contributed by atoms with van der Waals surface area (Å²) in [4.78, 5) is 11.0. The molecular formula is C17H14F3NO3. The molecule has 1 aliphatic rings. The Morgan fingerprint density at radius 3 is 2.38 bits per heavy atom. The molecule has 24 heavy (non-hydrogen) atoms. The average molecular weight is 337 g/mol. The van der Waals surface area contributed by atoms with Gasteiger partial charge in [-0.15, -0.1) is 13.2 Å². The standard InChI is InChI=1S/C17H14F3NO3/c18-17(19,20)24-13-6-3-10(4-7-13)12-2-1-11-5-8-15(14(11)9-12)23-16(21)22/h1-4,6-7,9,15H,5,8H2,(H2,21,22). The summed E-state index contributed by atoms with van der Waals surface area (Å²) < 4.78 is 45.5. The van der Waals surface area contributed by atoms with Crippen LogP contribution in [0, 0.1) is 0 Å². The fourth-order valence-electron chi connectivity index (χ4n) is 2.86. The van der Waals surface area contributed by atoms with Crippen molar-refractivity contribution in [3.63, 3.8) is 0 Å². The highest BCUT2D eigenvalue weighted by molar-refractivity contribution is 5.68. The van der Waals surface area contributed by atoms with Crippen LogP contribution in [-0.2, 0) is 11.2 Å². The monoisotopic (exact) mass is 337 g/mol. The minimum atomic E-state index is -4.71. The molecule has 2 aromatic carbocycles. The summed E-state index contributed by atoms with van der Waals surface area (Å²) in [7, 11) is 0. The van der Waals surface area contributed by atoms with Crippen LogP contribution in [-0.4, -0.2) is 12.5 Å². The second-order valence-electron chi connectivity index (χ2n) is 5.45. The van der Waals surface area contributed by atoms with Gasteiger partial charge in [0, 0.05) is 0 Å². The number of hydrogen-bond acceptors (Lipinski definition) is 3. The molecule has 3 rings (SSSR count). The third-order valence-corrected chi connectivity index (χ3v) is 3.85. The third-order valence-electron chi connectivity index (χ3n) is 3.85. The van der Waals surface area contributed by atoms with Gasteiger partial charge in [0.15, 0.2) is 0 Å². The van der Waals surface area contributed by atoms with Gasteiger partial charge >= 0.3 is 12.5 Å². The lowest BCUT2D eigenvalue weighted by atomic mass is 10.00. The Labute approximate surface area is 136 Å². The minimum absolute atomic E-state index is 0.276. The summed E-state index contributed by atoms with van der Waals surface area (Å²) in [6.07, 6.45) is -4.47. The van der Waals surface area contributed by atoms with Crippen LogP contribution in [0.15, 0.2) is 42.5 Å². The molecule has 0 aromatic heterocycles. The van der Waals surface area contributed by atoms with E-state index in [1.165, 1.54) is 12.1 Å². The number of benzene rings is 2. The van der Waals surface area contributed by atoms with E-state index in [4.69, 9.17) is 10.5 Å². The van der Waals surface area contributed by atoms with Crippen LogP contribution < -0.4 is 10.5 Å². The summed E-state index contributed by atoms with van der Waals surface area (Å²) in [6.45, 7) is 0. The zero-order valence-corrected chi connectivity index (χ0v) is 12.5. The Morgan fingerprint density at radius 2 is 1.75 bits per heavy atom. The van der Waals surface area contributed by atoms with Gasteiger partial charge in [0.05, 0.1) is 0 Å². The molecule has 126 valence electrons. The van der Waals surface area contributed by atoms with Gasteiger partial charge < -0.3 is 15.2 Å². The first-order valence-electron chi connectivity index (χ1n) is 7.27. The molecule has 0 radical (unpaired) electrons. The van der Waals surface area contributed by atoms with E-state index >= 15 is 0 Å². The molecule has 0 saturated heterocycles. The van der Waals surface area contributed by atoms with Crippen molar-refractivity contribution in [2.45, 2.75) is 25.3 Å². The fourth-order valence-corrected chi connectivity index (χ4v) is 2.86. The first-order chi connectivity index (χ1) is 11.3. The lowest BCUT2D eigenvalue weighted by Gasteiger charge is -2.13. The molecule has 1 unspecified atom stereocenters. The van der Waals surface area contributed by atoms with Crippen LogP contribution in [0.5, 0.6) is 5.75 Å². The summed E-state index contributed by atoms with van der Waals surface area (Å²) in [6, 6.07) is 11.3. The molecule has 2 aromatic rings. The summed E-state index contributed by atoms with van der Waals surface area (Å²) in [5, 5.41) is 0. The lowest BCUT2D eigenvalue weighted by molar-refractivity contribution is -0.274. The SMILES string of the molecule is NC(=O)OC1CCc2ccc(-c3ccc(OC(F)(F)F)cc3)cc21. The number of rotatable bonds is 3. The molecule has 0 saturated carbocycles. The second kappa shape index (κ2) is 6.07. The number of ether oxygens (including phenoxy) is 2. The number of aryl methyl sites for hydroxylation is 1. The minimum Gasteiger partial charge on any atom is -0.441 e. The van der Waals surface area contributed by atoms with Crippen LogP contribution >= 0.6 is 0 Å². The number of alkyl halides is 3. The number of primary amides is 1. The highest BCUT2D eigenvalue weighted by Crippen LogP contribution is 2.37. The van der Waals surface area contributed by atoms with Crippen molar-refractivity contribution < 1.29 is 27.4 Å². The fraction of sp³-hybridized carbons (Fsp3) is 0.235. The van der Waals surface area contributed by atoms with Gasteiger partial charge in [-0.25, -0.2) is 4.79 Å². The second-order valence-corrected chi connectivity index (χ2v) is 5.45. The Morgan fingerprint density at radius 1 is 1.08 bits per heavy atom. The van der Waals surface area contributed by atoms with Crippen LogP contribution in [0.1, 0.15) is 23.7 Å². The molecule has 4 nitrogen and oxygen atoms in total. The highest BCUT2D eigenvalue weighted by Gasteiger charge is 2.31. The van der Waals surface area contributed by atoms with E-state index in [1.807, 2.05) is 18.2 Å². The first-order valence-corrected chi connectivity index (χ1v) is 7.27. The maximum Gasteiger partial charge on any atom is 0.573 e. The zero-order chi connectivity index (χ0) is 17.3. The first kappa shape index (κ1) is 16.2. The van der Waals surface area contributed by atoms with Crippen molar-refractivity contribution in [2.75, 3.05) is 0 Å². The molecule has 0 spiro atoms. The number of amides is 1. The Bertz CT molecular complexity index is 757. The number of fused-ring (bicyclic) bond motifs is 1. The van der Waals surface area contributed by atoms with E-state index < -0.39 is 12.5 Å². The summed E-state index contributed by atoms with van der Waals surface area (Å²) in [5.41, 5.74) is 8.57. The van der Waals surface area contributed by atoms with Crippen LogP contribution in [0.25, 0.3) is 11.1 Å². The third kappa shape index (κ3) is 3.61. The molecule has 0 heterocycles. The normalized spacial score (nSPS) is 16.5. The van der Waals surface area contributed by atoms with E-state index in [2.05, 4.69) is 4.74 Å². The van der Waals surface area contributed by atoms with Gasteiger partial charge in [0.25, 0.3) is 0 Å². The molecule has 0 fully saturated rings. The largest absolute Gasteiger partial charge is 0.573 e. The Kier molecular flexibility index (Phi) is 4.09. The Hall–Kier alpha value is -2.70. The van der Waals surface area contributed by atoms with Gasteiger partial charge in [-0.2, -0.15) is 0 Å². The van der Waals surface area contributed by atoms with Crippen molar-refractivity contribution in [3.05, 3.63) is 53.6 Å². The quantitative estimate of drug-likeness (QED) is 0.906. The van der Waals surface area contributed by atoms with Crippen molar-refractivity contribution in [3.8, 4) is 16.9 Å². The highest BCUT2D eigenvalue weighted by atomic mass is 19.4. The van der Waals surface area contributed by atoms with E-state index in [0.29, 0.717) is 6.42 Å². The molecule has 1 amide bonds. The van der Waals surface area contributed by atoms with Gasteiger partial charge in [-0.1, -0.05) is 24.3 Å². The van der Waals surface area contributed by atoms with E-state index in [1.54, 1.807) is 12.1 Å². The van der Waals surface area contributed by atoms with Gasteiger partial charge in [-0.05, 0) is 53.3 Å². The Balaban J connectivity index is 1.84. The molecule has 0 aliphatic heterocycles. The molecule has 7 heteroatoms. The summed E-state index contributed by atoms with van der Waals surface area (Å²) >= 11 is 0. The molecular weight excluding hydrogens is 323 g/mol. The maximum atomic E-state index is 12.2. The predicted molar refractivity (Wildman–Crippen MR) is 80.3 cm³/mol. The summed E-state index contributed by atoms with van der Waals surface area (Å²) in [5.74, 6) is -0.276. The van der Waals surface area contributed by atoms with E-state index in [-0.39, 0.29) is 11.9 Å². The van der Waals surface area contributed by atoms with Gasteiger partial charge in [0.1, 0.15) is 11.9 Å². The smallest absolute Gasteiger partial charge is 0.441 e. The van der Waals surface area contributed by atoms with Crippen LogP contribution in [0.4, 0.5) is 18.0 Å². The maximum absolute atomic E-state index is 12.2. The van der Waals surface area contributed by atoms with Gasteiger partial charge in [0.2, 0.25) is 0 Å².